The number of nitrogens with zero attached hydrogens (tertiary/aromatic N) is 3. The monoisotopic (exact) mass is 529 g/mol. The van der Waals surface area contributed by atoms with E-state index in [0.29, 0.717) is 35.0 Å². The molecule has 0 aliphatic rings. The number of benzene rings is 3. The fraction of sp³-hybridized carbons (Fsp3) is 0.0385. The number of halogens is 1. The summed E-state index contributed by atoms with van der Waals surface area (Å²) in [6.07, 6.45) is 1.67. The maximum Gasteiger partial charge on any atom is 0.259 e. The molecule has 2 heterocycles. The van der Waals surface area contributed by atoms with Gasteiger partial charge in [0.05, 0.1) is 21.9 Å². The van der Waals surface area contributed by atoms with Gasteiger partial charge in [0.2, 0.25) is 0 Å². The number of phenols is 2. The number of rotatable bonds is 6. The Kier molecular flexibility index (Phi) is 6.07. The summed E-state index contributed by atoms with van der Waals surface area (Å²) >= 11 is 3.48. The number of carbonyl (C=O) groups excluding carboxylic acids is 1. The first kappa shape index (κ1) is 22.4. The molecule has 0 spiro atoms. The number of fused-ring (bicyclic) bond motifs is 1. The summed E-state index contributed by atoms with van der Waals surface area (Å²) in [5.41, 5.74) is 3.66. The molecule has 5 rings (SSSR count). The number of phenolic OH excluding ortho intramolecular Hbond substituents is 2. The van der Waals surface area contributed by atoms with Crippen LogP contribution in [0.2, 0.25) is 0 Å². The van der Waals surface area contributed by atoms with Crippen LogP contribution in [0.5, 0.6) is 11.5 Å². The van der Waals surface area contributed by atoms with Crippen molar-refractivity contribution in [3.63, 3.8) is 0 Å². The van der Waals surface area contributed by atoms with Gasteiger partial charge in [-0.05, 0) is 57.9 Å². The Bertz CT molecular complexity index is 1530. The molecule has 8 nitrogen and oxygen atoms in total. The Morgan fingerprint density at radius 3 is 2.40 bits per heavy atom. The topological polar surface area (TPSA) is 112 Å². The maximum atomic E-state index is 12.4. The molecular formula is C26H20BrN5O3. The molecule has 2 aromatic heterocycles. The molecule has 0 atom stereocenters. The number of aromatic nitrogens is 3. The number of hydrogen-bond donors (Lipinski definition) is 4. The second-order valence-corrected chi connectivity index (χ2v) is 8.65. The Labute approximate surface area is 209 Å². The number of amides is 1. The van der Waals surface area contributed by atoms with E-state index in [2.05, 4.69) is 36.6 Å². The predicted molar refractivity (Wildman–Crippen MR) is 138 cm³/mol. The lowest BCUT2D eigenvalue weighted by Crippen LogP contribution is -2.12. The number of carbonyl (C=O) groups is 1. The highest BCUT2D eigenvalue weighted by Crippen LogP contribution is 2.31. The number of para-hydroxylation sites is 2. The van der Waals surface area contributed by atoms with Crippen molar-refractivity contribution in [2.24, 2.45) is 0 Å². The third-order valence-electron chi connectivity index (χ3n) is 5.44. The molecule has 0 saturated heterocycles. The van der Waals surface area contributed by atoms with E-state index in [-0.39, 0.29) is 23.0 Å². The van der Waals surface area contributed by atoms with E-state index in [9.17, 15) is 15.0 Å². The first-order valence-electron chi connectivity index (χ1n) is 10.7. The molecule has 5 aromatic rings. The van der Waals surface area contributed by atoms with Crippen molar-refractivity contribution < 1.29 is 15.0 Å². The third-order valence-corrected chi connectivity index (χ3v) is 6.00. The summed E-state index contributed by atoms with van der Waals surface area (Å²) in [5, 5.41) is 30.7. The highest BCUT2D eigenvalue weighted by atomic mass is 79.9. The van der Waals surface area contributed by atoms with E-state index >= 15 is 0 Å². The van der Waals surface area contributed by atoms with Crippen LogP contribution in [0.4, 0.5) is 11.5 Å². The Morgan fingerprint density at radius 2 is 1.66 bits per heavy atom. The second kappa shape index (κ2) is 9.47. The standard InChI is InChI=1S/C26H20BrN5O3/c27-20-15-29-32-24(13-21(31-25(20)32)18-5-1-3-7-22(18)33)28-14-16-9-11-17(12-10-16)30-26(35)19-6-2-4-8-23(19)34/h1-13,15,28,33-34H,14H2,(H,30,35). The Morgan fingerprint density at radius 1 is 0.943 bits per heavy atom. The van der Waals surface area contributed by atoms with Crippen LogP contribution in [0.1, 0.15) is 15.9 Å². The molecule has 0 saturated carbocycles. The average Bonchev–Trinajstić information content (AvgIpc) is 3.24. The van der Waals surface area contributed by atoms with Crippen LogP contribution in [0.3, 0.4) is 0 Å². The van der Waals surface area contributed by atoms with E-state index in [4.69, 9.17) is 0 Å². The van der Waals surface area contributed by atoms with E-state index < -0.39 is 0 Å². The highest BCUT2D eigenvalue weighted by molar-refractivity contribution is 9.10. The van der Waals surface area contributed by atoms with Gasteiger partial charge in [-0.15, -0.1) is 0 Å². The van der Waals surface area contributed by atoms with Gasteiger partial charge in [0.15, 0.2) is 5.65 Å². The second-order valence-electron chi connectivity index (χ2n) is 7.79. The van der Waals surface area contributed by atoms with Crippen molar-refractivity contribution in [1.82, 2.24) is 14.6 Å². The molecule has 0 bridgehead atoms. The largest absolute Gasteiger partial charge is 0.507 e. The minimum absolute atomic E-state index is 0.0667. The molecule has 9 heteroatoms. The number of nitrogens with one attached hydrogen (secondary N) is 2. The van der Waals surface area contributed by atoms with Gasteiger partial charge in [-0.1, -0.05) is 36.4 Å². The van der Waals surface area contributed by atoms with Gasteiger partial charge >= 0.3 is 0 Å². The first-order chi connectivity index (χ1) is 17.0. The lowest BCUT2D eigenvalue weighted by molar-refractivity contribution is 0.102. The van der Waals surface area contributed by atoms with Crippen molar-refractivity contribution in [1.29, 1.82) is 0 Å². The fourth-order valence-corrected chi connectivity index (χ4v) is 4.00. The predicted octanol–water partition coefficient (Wildman–Crippen LogP) is 5.43. The lowest BCUT2D eigenvalue weighted by atomic mass is 10.1. The molecule has 3 aromatic carbocycles. The summed E-state index contributed by atoms with van der Waals surface area (Å²) in [7, 11) is 0. The normalized spacial score (nSPS) is 10.9. The summed E-state index contributed by atoms with van der Waals surface area (Å²) in [4.78, 5) is 17.1. The van der Waals surface area contributed by atoms with Gasteiger partial charge < -0.3 is 20.8 Å². The van der Waals surface area contributed by atoms with Crippen LogP contribution in [0, 0.1) is 0 Å². The molecule has 0 fully saturated rings. The maximum absolute atomic E-state index is 12.4. The Hall–Kier alpha value is -4.37. The van der Waals surface area contributed by atoms with Crippen LogP contribution in [0.25, 0.3) is 16.9 Å². The first-order valence-corrected chi connectivity index (χ1v) is 11.5. The molecule has 1 amide bonds. The van der Waals surface area contributed by atoms with E-state index in [1.54, 1.807) is 53.2 Å². The van der Waals surface area contributed by atoms with Crippen LogP contribution in [0.15, 0.2) is 89.5 Å². The third kappa shape index (κ3) is 4.67. The molecule has 0 unspecified atom stereocenters. The van der Waals surface area contributed by atoms with Gasteiger partial charge in [-0.25, -0.2) is 4.98 Å². The van der Waals surface area contributed by atoms with Crippen molar-refractivity contribution in [2.45, 2.75) is 6.54 Å². The van der Waals surface area contributed by atoms with Crippen LogP contribution < -0.4 is 10.6 Å². The Balaban J connectivity index is 1.34. The zero-order valence-electron chi connectivity index (χ0n) is 18.3. The lowest BCUT2D eigenvalue weighted by Gasteiger charge is -2.12. The van der Waals surface area contributed by atoms with Crippen molar-refractivity contribution >= 4 is 39.0 Å². The summed E-state index contributed by atoms with van der Waals surface area (Å²) in [5.74, 6) is 0.403. The van der Waals surface area contributed by atoms with Crippen molar-refractivity contribution in [2.75, 3.05) is 10.6 Å². The van der Waals surface area contributed by atoms with E-state index in [0.717, 1.165) is 10.0 Å². The molecule has 0 radical (unpaired) electrons. The van der Waals surface area contributed by atoms with E-state index in [1.165, 1.54) is 6.07 Å². The van der Waals surface area contributed by atoms with Crippen LogP contribution in [-0.4, -0.2) is 30.7 Å². The summed E-state index contributed by atoms with van der Waals surface area (Å²) in [6.45, 7) is 0.491. The van der Waals surface area contributed by atoms with Crippen molar-refractivity contribution in [3.8, 4) is 22.8 Å². The number of hydrogen-bond acceptors (Lipinski definition) is 6. The van der Waals surface area contributed by atoms with Gasteiger partial charge in [-0.2, -0.15) is 9.61 Å². The van der Waals surface area contributed by atoms with E-state index in [1.807, 2.05) is 30.3 Å². The van der Waals surface area contributed by atoms with Crippen LogP contribution >= 0.6 is 15.9 Å². The smallest absolute Gasteiger partial charge is 0.259 e. The molecule has 35 heavy (non-hydrogen) atoms. The average molecular weight is 530 g/mol. The minimum Gasteiger partial charge on any atom is -0.507 e. The minimum atomic E-state index is -0.380. The molecule has 174 valence electrons. The van der Waals surface area contributed by atoms with Gasteiger partial charge in [0.25, 0.3) is 5.91 Å². The zero-order valence-corrected chi connectivity index (χ0v) is 19.9. The number of anilines is 2. The molecular weight excluding hydrogens is 510 g/mol. The summed E-state index contributed by atoms with van der Waals surface area (Å²) < 4.78 is 2.43. The van der Waals surface area contributed by atoms with Crippen molar-refractivity contribution in [3.05, 3.63) is 101 Å². The number of aromatic hydroxyl groups is 2. The SMILES string of the molecule is O=C(Nc1ccc(CNc2cc(-c3ccccc3O)nc3c(Br)cnn23)cc1)c1ccccc1O. The van der Waals surface area contributed by atoms with Gasteiger partial charge in [-0.3, -0.25) is 4.79 Å². The molecule has 0 aliphatic heterocycles. The molecule has 0 aliphatic carbocycles. The quantitative estimate of drug-likeness (QED) is 0.233. The van der Waals surface area contributed by atoms with Crippen LogP contribution in [-0.2, 0) is 6.54 Å². The molecule has 4 N–H and O–H groups in total. The fourth-order valence-electron chi connectivity index (χ4n) is 3.65. The van der Waals surface area contributed by atoms with Gasteiger partial charge in [0.1, 0.15) is 17.3 Å². The highest BCUT2D eigenvalue weighted by Gasteiger charge is 2.14. The summed E-state index contributed by atoms with van der Waals surface area (Å²) in [6, 6.07) is 22.7. The van der Waals surface area contributed by atoms with Gasteiger partial charge in [0, 0.05) is 23.9 Å². The zero-order chi connectivity index (χ0) is 24.4.